The molecular weight excluding hydrogens is 570 g/mol. The maximum atomic E-state index is 14.5. The Morgan fingerprint density at radius 2 is 1.67 bits per heavy atom. The molecule has 3 saturated heterocycles. The average molecular weight is 608 g/mol. The van der Waals surface area contributed by atoms with Crippen molar-refractivity contribution in [1.82, 2.24) is 4.90 Å². The number of fused-ring (bicyclic) bond motifs is 1. The van der Waals surface area contributed by atoms with Crippen molar-refractivity contribution in [2.75, 3.05) is 36.1 Å². The van der Waals surface area contributed by atoms with Crippen LogP contribution in [-0.4, -0.2) is 77.8 Å². The number of amides is 3. The summed E-state index contributed by atoms with van der Waals surface area (Å²) >= 11 is 6.11. The molecule has 2 aromatic rings. The van der Waals surface area contributed by atoms with Crippen LogP contribution in [0, 0.1) is 11.8 Å². The molecule has 0 saturated carbocycles. The molecule has 3 fully saturated rings. The van der Waals surface area contributed by atoms with E-state index in [9.17, 15) is 19.5 Å². The highest BCUT2D eigenvalue weighted by Gasteiger charge is 2.75. The van der Waals surface area contributed by atoms with Crippen LogP contribution in [0.2, 0.25) is 5.02 Å². The standard InChI is InChI=1S/C33H38ClN3O6/c1-5-18-35(24-12-14-25(15-13-24)42-7-3)30(39)27-26-16-17-33(43-26)28(27)31(40)37(21(4)20-38)29(33)32(41)36(19-6-2)23-10-8-22(34)9-11-23/h5-6,8-15,21,26-29,38H,1-2,7,16-20H2,3-4H3/t21-,26-,27+,28+,29?,33?/m1/s1. The third-order valence-electron chi connectivity index (χ3n) is 8.75. The summed E-state index contributed by atoms with van der Waals surface area (Å²) in [7, 11) is 0. The Morgan fingerprint density at radius 1 is 1.09 bits per heavy atom. The van der Waals surface area contributed by atoms with Gasteiger partial charge in [0.2, 0.25) is 11.8 Å². The zero-order valence-corrected chi connectivity index (χ0v) is 25.3. The number of ether oxygens (including phenoxy) is 2. The minimum absolute atomic E-state index is 0.184. The number of carbonyl (C=O) groups is 3. The van der Waals surface area contributed by atoms with Gasteiger partial charge in [0.05, 0.1) is 37.2 Å². The predicted octanol–water partition coefficient (Wildman–Crippen LogP) is 4.23. The van der Waals surface area contributed by atoms with Crippen molar-refractivity contribution >= 4 is 40.7 Å². The summed E-state index contributed by atoms with van der Waals surface area (Å²) in [5.41, 5.74) is 0.0161. The molecule has 0 radical (unpaired) electrons. The molecule has 2 unspecified atom stereocenters. The first-order valence-electron chi connectivity index (χ1n) is 14.7. The van der Waals surface area contributed by atoms with Crippen LogP contribution in [-0.2, 0) is 19.1 Å². The number of carbonyl (C=O) groups excluding carboxylic acids is 3. The monoisotopic (exact) mass is 607 g/mol. The molecular formula is C33H38ClN3O6. The van der Waals surface area contributed by atoms with Gasteiger partial charge in [0.1, 0.15) is 17.4 Å². The molecule has 0 aromatic heterocycles. The van der Waals surface area contributed by atoms with Crippen molar-refractivity contribution < 1.29 is 29.0 Å². The van der Waals surface area contributed by atoms with Gasteiger partial charge in [-0.3, -0.25) is 14.4 Å². The van der Waals surface area contributed by atoms with E-state index in [1.165, 1.54) is 4.90 Å². The number of aliphatic hydroxyl groups is 1. The molecule has 43 heavy (non-hydrogen) atoms. The fourth-order valence-corrected chi connectivity index (χ4v) is 7.08. The Hall–Kier alpha value is -3.66. The molecule has 2 bridgehead atoms. The smallest absolute Gasteiger partial charge is 0.253 e. The summed E-state index contributed by atoms with van der Waals surface area (Å²) < 4.78 is 12.2. The lowest BCUT2D eigenvalue weighted by Crippen LogP contribution is -2.58. The maximum Gasteiger partial charge on any atom is 0.253 e. The highest BCUT2D eigenvalue weighted by Crippen LogP contribution is 2.59. The molecule has 3 amide bonds. The zero-order valence-electron chi connectivity index (χ0n) is 24.5. The van der Waals surface area contributed by atoms with E-state index in [4.69, 9.17) is 21.1 Å². The van der Waals surface area contributed by atoms with E-state index in [0.717, 1.165) is 0 Å². The lowest BCUT2D eigenvalue weighted by Gasteiger charge is -2.38. The van der Waals surface area contributed by atoms with Crippen molar-refractivity contribution in [3.05, 3.63) is 78.9 Å². The summed E-state index contributed by atoms with van der Waals surface area (Å²) in [4.78, 5) is 47.8. The lowest BCUT2D eigenvalue weighted by atomic mass is 9.70. The van der Waals surface area contributed by atoms with Crippen molar-refractivity contribution in [3.63, 3.8) is 0 Å². The topological polar surface area (TPSA) is 99.6 Å². The van der Waals surface area contributed by atoms with Crippen molar-refractivity contribution in [2.24, 2.45) is 11.8 Å². The van der Waals surface area contributed by atoms with E-state index < -0.39 is 35.6 Å². The maximum absolute atomic E-state index is 14.5. The van der Waals surface area contributed by atoms with Gasteiger partial charge in [-0.05, 0) is 75.2 Å². The second-order valence-electron chi connectivity index (χ2n) is 11.2. The molecule has 3 heterocycles. The number of hydrogen-bond donors (Lipinski definition) is 1. The van der Waals surface area contributed by atoms with Gasteiger partial charge >= 0.3 is 0 Å². The van der Waals surface area contributed by atoms with Crippen LogP contribution in [0.15, 0.2) is 73.8 Å². The fraction of sp³-hybridized carbons (Fsp3) is 0.424. The Labute approximate surface area is 257 Å². The van der Waals surface area contributed by atoms with E-state index in [2.05, 4.69) is 13.2 Å². The summed E-state index contributed by atoms with van der Waals surface area (Å²) in [6, 6.07) is 12.3. The molecule has 9 nitrogen and oxygen atoms in total. The Bertz CT molecular complexity index is 1380. The van der Waals surface area contributed by atoms with Crippen LogP contribution < -0.4 is 14.5 Å². The number of benzene rings is 2. The molecule has 0 aliphatic carbocycles. The minimum atomic E-state index is -1.22. The molecule has 1 spiro atoms. The Balaban J connectivity index is 1.54. The number of halogens is 1. The van der Waals surface area contributed by atoms with Crippen LogP contribution in [0.5, 0.6) is 5.75 Å². The van der Waals surface area contributed by atoms with Crippen molar-refractivity contribution in [1.29, 1.82) is 0 Å². The van der Waals surface area contributed by atoms with E-state index in [0.29, 0.717) is 41.6 Å². The van der Waals surface area contributed by atoms with Gasteiger partial charge in [-0.25, -0.2) is 0 Å². The second-order valence-corrected chi connectivity index (χ2v) is 11.6. The van der Waals surface area contributed by atoms with E-state index in [1.807, 2.05) is 6.92 Å². The number of nitrogens with zero attached hydrogens (tertiary/aromatic N) is 3. The highest BCUT2D eigenvalue weighted by molar-refractivity contribution is 6.30. The van der Waals surface area contributed by atoms with Gasteiger partial charge in [-0.2, -0.15) is 0 Å². The van der Waals surface area contributed by atoms with E-state index in [-0.39, 0.29) is 37.4 Å². The van der Waals surface area contributed by atoms with E-state index >= 15 is 0 Å². The Kier molecular flexibility index (Phi) is 8.96. The lowest BCUT2D eigenvalue weighted by molar-refractivity contribution is -0.143. The third-order valence-corrected chi connectivity index (χ3v) is 9.00. The van der Waals surface area contributed by atoms with Crippen molar-refractivity contribution in [3.8, 4) is 5.75 Å². The summed E-state index contributed by atoms with van der Waals surface area (Å²) in [6.45, 7) is 11.9. The second kappa shape index (κ2) is 12.5. The molecule has 3 aliphatic heterocycles. The van der Waals surface area contributed by atoms with Crippen LogP contribution in [0.4, 0.5) is 11.4 Å². The van der Waals surface area contributed by atoms with E-state index in [1.54, 1.807) is 77.4 Å². The number of rotatable bonds is 12. The molecule has 2 aromatic carbocycles. The molecule has 3 aliphatic rings. The molecule has 1 N–H and O–H groups in total. The first-order valence-corrected chi connectivity index (χ1v) is 15.0. The SMILES string of the molecule is C=CCN(C(=O)C1N([C@H](C)CO)C(=O)[C@@H]2[C@@H](C(=O)N(CC=C)c3ccc(OCC)cc3)[C@H]3CCC12O3)c1ccc(Cl)cc1. The van der Waals surface area contributed by atoms with Crippen LogP contribution in [0.25, 0.3) is 0 Å². The first kappa shape index (κ1) is 30.8. The molecule has 10 heteroatoms. The summed E-state index contributed by atoms with van der Waals surface area (Å²) in [5, 5.41) is 10.7. The normalized spacial score (nSPS) is 26.1. The van der Waals surface area contributed by atoms with Crippen molar-refractivity contribution in [2.45, 2.75) is 50.5 Å². The van der Waals surface area contributed by atoms with Gasteiger partial charge in [0, 0.05) is 29.5 Å². The average Bonchev–Trinajstić information content (AvgIpc) is 3.66. The van der Waals surface area contributed by atoms with Gasteiger partial charge in [-0.15, -0.1) is 13.2 Å². The van der Waals surface area contributed by atoms with Crippen LogP contribution >= 0.6 is 11.6 Å². The largest absolute Gasteiger partial charge is 0.494 e. The number of likely N-dealkylation sites (tertiary alicyclic amines) is 1. The van der Waals surface area contributed by atoms with Gasteiger partial charge in [0.25, 0.3) is 5.91 Å². The first-order chi connectivity index (χ1) is 20.7. The number of hydrogen-bond acceptors (Lipinski definition) is 6. The third kappa shape index (κ3) is 5.24. The van der Waals surface area contributed by atoms with Crippen LogP contribution in [0.1, 0.15) is 26.7 Å². The highest BCUT2D eigenvalue weighted by atomic mass is 35.5. The minimum Gasteiger partial charge on any atom is -0.494 e. The summed E-state index contributed by atoms with van der Waals surface area (Å²) in [5.74, 6) is -1.98. The fourth-order valence-electron chi connectivity index (χ4n) is 6.96. The van der Waals surface area contributed by atoms with Gasteiger partial charge in [0.15, 0.2) is 0 Å². The molecule has 228 valence electrons. The molecule has 6 atom stereocenters. The number of anilines is 2. The van der Waals surface area contributed by atoms with Gasteiger partial charge in [-0.1, -0.05) is 23.8 Å². The zero-order chi connectivity index (χ0) is 30.9. The van der Waals surface area contributed by atoms with Crippen LogP contribution in [0.3, 0.4) is 0 Å². The Morgan fingerprint density at radius 3 is 2.23 bits per heavy atom. The summed E-state index contributed by atoms with van der Waals surface area (Å²) in [6.07, 6.45) is 3.69. The predicted molar refractivity (Wildman–Crippen MR) is 165 cm³/mol. The number of aliphatic hydroxyl groups excluding tert-OH is 1. The molecule has 5 rings (SSSR count). The quantitative estimate of drug-likeness (QED) is 0.363. The van der Waals surface area contributed by atoms with Gasteiger partial charge < -0.3 is 29.3 Å².